The molecule has 3 nitrogen and oxygen atoms in total. The monoisotopic (exact) mass is 363 g/mol. The van der Waals surface area contributed by atoms with Crippen LogP contribution in [0.4, 0.5) is 0 Å². The van der Waals surface area contributed by atoms with Crippen molar-refractivity contribution in [3.8, 4) is 0 Å². The van der Waals surface area contributed by atoms with Gasteiger partial charge in [-0.25, -0.2) is 9.98 Å². The molecule has 0 aromatic rings. The molecule has 0 aromatic heterocycles. The molecule has 0 spiro atoms. The molecule has 0 saturated carbocycles. The number of nitrogens with zero attached hydrogens (tertiary/aromatic N) is 3. The van der Waals surface area contributed by atoms with Crippen molar-refractivity contribution in [2.24, 2.45) is 9.98 Å². The van der Waals surface area contributed by atoms with Crippen molar-refractivity contribution in [2.75, 3.05) is 7.05 Å². The Morgan fingerprint density at radius 2 is 2.20 bits per heavy atom. The summed E-state index contributed by atoms with van der Waals surface area (Å²) < 4.78 is 1.21. The zero-order valence-corrected chi connectivity index (χ0v) is 9.99. The lowest BCUT2D eigenvalue weighted by Gasteiger charge is -2.23. The van der Waals surface area contributed by atoms with E-state index >= 15 is 0 Å². The topological polar surface area (TPSA) is 28.0 Å². The normalized spacial score (nSPS) is 26.0. The van der Waals surface area contributed by atoms with Crippen molar-refractivity contribution in [3.05, 3.63) is 0 Å². The van der Waals surface area contributed by atoms with Gasteiger partial charge in [-0.15, -0.1) is 0 Å². The Hall–Kier alpha value is 0.600. The summed E-state index contributed by atoms with van der Waals surface area (Å²) in [6.07, 6.45) is 0. The molecule has 1 aliphatic heterocycles. The third-order valence-corrected chi connectivity index (χ3v) is 3.27. The maximum atomic E-state index is 4.25. The number of alkyl halides is 1. The first kappa shape index (κ1) is 8.69. The van der Waals surface area contributed by atoms with Crippen LogP contribution >= 0.6 is 45.2 Å². The lowest BCUT2D eigenvalue weighted by Crippen LogP contribution is -2.32. The Morgan fingerprint density at radius 3 is 2.70 bits per heavy atom. The first-order valence-electron chi connectivity index (χ1n) is 2.77. The van der Waals surface area contributed by atoms with Gasteiger partial charge in [0.1, 0.15) is 5.84 Å². The van der Waals surface area contributed by atoms with E-state index in [2.05, 4.69) is 55.2 Å². The van der Waals surface area contributed by atoms with Crippen LogP contribution in [0.2, 0.25) is 0 Å². The predicted molar refractivity (Wildman–Crippen MR) is 60.1 cm³/mol. The summed E-state index contributed by atoms with van der Waals surface area (Å²) in [7, 11) is 1.98. The molecule has 0 N–H and O–H groups in total. The van der Waals surface area contributed by atoms with Crippen LogP contribution in [0.25, 0.3) is 0 Å². The Morgan fingerprint density at radius 1 is 1.60 bits per heavy atom. The molecule has 1 atom stereocenters. The molecule has 10 heavy (non-hydrogen) atoms. The highest BCUT2D eigenvalue weighted by Crippen LogP contribution is 2.16. The Kier molecular flexibility index (Phi) is 2.90. The lowest BCUT2D eigenvalue weighted by molar-refractivity contribution is 0.508. The molecule has 0 aliphatic carbocycles. The van der Waals surface area contributed by atoms with Gasteiger partial charge in [0.15, 0.2) is 8.01 Å². The first-order chi connectivity index (χ1) is 4.61. The summed E-state index contributed by atoms with van der Waals surface area (Å²) in [6.45, 7) is 1.91. The highest BCUT2D eigenvalue weighted by molar-refractivity contribution is 14.1. The van der Waals surface area contributed by atoms with Gasteiger partial charge >= 0.3 is 0 Å². The maximum absolute atomic E-state index is 4.25. The van der Waals surface area contributed by atoms with Gasteiger partial charge in [0.05, 0.1) is 0 Å². The summed E-state index contributed by atoms with van der Waals surface area (Å²) in [5.74, 6) is 0.863. The third-order valence-electron chi connectivity index (χ3n) is 1.16. The molecule has 1 heterocycles. The fourth-order valence-electron chi connectivity index (χ4n) is 0.570. The van der Waals surface area contributed by atoms with E-state index in [0.717, 1.165) is 9.68 Å². The molecular weight excluding hydrogens is 356 g/mol. The van der Waals surface area contributed by atoms with Crippen LogP contribution in [-0.4, -0.2) is 25.8 Å². The molecule has 1 unspecified atom stereocenters. The summed E-state index contributed by atoms with van der Waals surface area (Å²) in [4.78, 5) is 10.5. The highest BCUT2D eigenvalue weighted by atomic mass is 127. The molecular formula is C5H7I2N3. The fourth-order valence-corrected chi connectivity index (χ4v) is 2.38. The second-order valence-corrected chi connectivity index (χ2v) is 4.06. The highest BCUT2D eigenvalue weighted by Gasteiger charge is 2.15. The molecule has 1 aliphatic rings. The van der Waals surface area contributed by atoms with Crippen molar-refractivity contribution in [1.82, 2.24) is 4.90 Å². The number of hydrogen-bond acceptors (Lipinski definition) is 3. The number of rotatable bonds is 0. The smallest absolute Gasteiger partial charge is 0.176 e. The third kappa shape index (κ3) is 1.80. The van der Waals surface area contributed by atoms with E-state index < -0.39 is 0 Å². The van der Waals surface area contributed by atoms with Gasteiger partial charge in [-0.1, -0.05) is 0 Å². The average molecular weight is 363 g/mol. The van der Waals surface area contributed by atoms with Crippen LogP contribution in [0.5, 0.6) is 0 Å². The van der Waals surface area contributed by atoms with Crippen LogP contribution < -0.4 is 0 Å². The quantitative estimate of drug-likeness (QED) is 0.367. The van der Waals surface area contributed by atoms with E-state index in [1.807, 2.05) is 18.9 Å². The van der Waals surface area contributed by atoms with Crippen molar-refractivity contribution in [1.29, 1.82) is 0 Å². The van der Waals surface area contributed by atoms with Crippen LogP contribution in [0.1, 0.15) is 6.92 Å². The number of halogens is 2. The standard InChI is InChI=1S/C5H7I2N3/c1-3-8-4(6)10(2)5(7)9-3/h4H,1-2H3. The summed E-state index contributed by atoms with van der Waals surface area (Å²) in [5, 5.41) is 0. The number of hydrogen-bond donors (Lipinski definition) is 0. The van der Waals surface area contributed by atoms with Gasteiger partial charge in [0.25, 0.3) is 0 Å². The van der Waals surface area contributed by atoms with Crippen molar-refractivity contribution < 1.29 is 0 Å². The fraction of sp³-hybridized carbons (Fsp3) is 0.600. The molecule has 0 saturated heterocycles. The molecule has 0 fully saturated rings. The van der Waals surface area contributed by atoms with E-state index in [1.54, 1.807) is 0 Å². The number of amidine groups is 2. The molecule has 0 bridgehead atoms. The summed E-state index contributed by atoms with van der Waals surface area (Å²) >= 11 is 4.47. The minimum atomic E-state index is 0.210. The predicted octanol–water partition coefficient (Wildman–Crippen LogP) is 1.86. The van der Waals surface area contributed by atoms with Gasteiger partial charge in [0.2, 0.25) is 0 Å². The first-order valence-corrected chi connectivity index (χ1v) is 5.09. The van der Waals surface area contributed by atoms with Gasteiger partial charge < -0.3 is 4.90 Å². The molecule has 1 rings (SSSR count). The van der Waals surface area contributed by atoms with Crippen molar-refractivity contribution in [3.63, 3.8) is 0 Å². The molecule has 56 valence electrons. The summed E-state index contributed by atoms with van der Waals surface area (Å²) in [6, 6.07) is 0. The number of aliphatic imine (C=N–C) groups is 2. The second-order valence-electron chi connectivity index (χ2n) is 1.98. The van der Waals surface area contributed by atoms with Crippen molar-refractivity contribution in [2.45, 2.75) is 11.1 Å². The van der Waals surface area contributed by atoms with Crippen LogP contribution in [0.3, 0.4) is 0 Å². The SMILES string of the molecule is CC1=NC(I)N(C)C(I)=N1. The lowest BCUT2D eigenvalue weighted by atomic mass is 10.6. The zero-order chi connectivity index (χ0) is 7.72. The molecule has 5 heteroatoms. The van der Waals surface area contributed by atoms with E-state index in [9.17, 15) is 0 Å². The zero-order valence-electron chi connectivity index (χ0n) is 5.67. The van der Waals surface area contributed by atoms with Gasteiger partial charge in [-0.3, -0.25) is 0 Å². The molecule has 0 amide bonds. The van der Waals surface area contributed by atoms with Gasteiger partial charge in [0, 0.05) is 7.05 Å². The Bertz CT molecular complexity index is 199. The average Bonchev–Trinajstić information content (AvgIpc) is 1.82. The van der Waals surface area contributed by atoms with Crippen LogP contribution in [-0.2, 0) is 0 Å². The maximum Gasteiger partial charge on any atom is 0.176 e. The van der Waals surface area contributed by atoms with E-state index in [-0.39, 0.29) is 4.17 Å². The minimum absolute atomic E-state index is 0.210. The largest absolute Gasteiger partial charge is 0.324 e. The van der Waals surface area contributed by atoms with Gasteiger partial charge in [-0.2, -0.15) is 0 Å². The van der Waals surface area contributed by atoms with Crippen LogP contribution in [0, 0.1) is 0 Å². The van der Waals surface area contributed by atoms with Crippen molar-refractivity contribution >= 4 is 54.9 Å². The van der Waals surface area contributed by atoms with E-state index in [4.69, 9.17) is 0 Å². The van der Waals surface area contributed by atoms with E-state index in [0.29, 0.717) is 0 Å². The molecule has 0 radical (unpaired) electrons. The summed E-state index contributed by atoms with van der Waals surface area (Å²) in [5.41, 5.74) is 0. The van der Waals surface area contributed by atoms with Crippen LogP contribution in [0.15, 0.2) is 9.98 Å². The van der Waals surface area contributed by atoms with E-state index in [1.165, 1.54) is 0 Å². The van der Waals surface area contributed by atoms with Gasteiger partial charge in [-0.05, 0) is 52.1 Å². The molecule has 0 aromatic carbocycles. The second kappa shape index (κ2) is 3.33. The Balaban J connectivity index is 2.85. The minimum Gasteiger partial charge on any atom is -0.324 e. The Labute approximate surface area is 87.3 Å².